The molecule has 0 saturated carbocycles. The second kappa shape index (κ2) is 8.29. The lowest BCUT2D eigenvalue weighted by molar-refractivity contribution is -0.384. The smallest absolute Gasteiger partial charge is 0.288 e. The highest BCUT2D eigenvalue weighted by Gasteiger charge is 2.37. The molecule has 1 atom stereocenters. The Labute approximate surface area is 176 Å². The van der Waals surface area contributed by atoms with Crippen LogP contribution in [0, 0.1) is 10.1 Å². The summed E-state index contributed by atoms with van der Waals surface area (Å²) in [6, 6.07) is 10.8. The lowest BCUT2D eigenvalue weighted by atomic mass is 10.1. The second-order valence-corrected chi connectivity index (χ2v) is 7.26. The van der Waals surface area contributed by atoms with Crippen molar-refractivity contribution in [1.29, 1.82) is 0 Å². The van der Waals surface area contributed by atoms with Crippen LogP contribution < -0.4 is 9.64 Å². The summed E-state index contributed by atoms with van der Waals surface area (Å²) in [6.45, 7) is 1.80. The van der Waals surface area contributed by atoms with Gasteiger partial charge in [0.15, 0.2) is 6.10 Å². The Morgan fingerprint density at radius 1 is 1.13 bits per heavy atom. The minimum Gasteiger partial charge on any atom is -0.476 e. The third kappa shape index (κ3) is 3.81. The third-order valence-electron chi connectivity index (χ3n) is 5.01. The van der Waals surface area contributed by atoms with E-state index >= 15 is 0 Å². The van der Waals surface area contributed by atoms with Gasteiger partial charge in [-0.1, -0.05) is 23.7 Å². The summed E-state index contributed by atoms with van der Waals surface area (Å²) in [5, 5.41) is 11.1. The first-order valence-corrected chi connectivity index (χ1v) is 9.71. The average molecular weight is 432 g/mol. The Morgan fingerprint density at radius 2 is 1.87 bits per heavy atom. The van der Waals surface area contributed by atoms with Gasteiger partial charge in [-0.05, 0) is 24.3 Å². The van der Waals surface area contributed by atoms with Crippen molar-refractivity contribution in [2.75, 3.05) is 37.7 Å². The van der Waals surface area contributed by atoms with Crippen LogP contribution in [-0.4, -0.2) is 60.6 Å². The Morgan fingerprint density at radius 3 is 2.60 bits per heavy atom. The summed E-state index contributed by atoms with van der Waals surface area (Å²) in [5.74, 6) is -0.315. The average Bonchev–Trinajstić information content (AvgIpc) is 2.78. The van der Waals surface area contributed by atoms with E-state index in [0.717, 1.165) is 6.07 Å². The fourth-order valence-corrected chi connectivity index (χ4v) is 3.67. The zero-order valence-electron chi connectivity index (χ0n) is 15.8. The number of fused-ring (bicyclic) bond motifs is 1. The summed E-state index contributed by atoms with van der Waals surface area (Å²) in [7, 11) is 0. The molecule has 1 fully saturated rings. The number of para-hydroxylation sites is 2. The summed E-state index contributed by atoms with van der Waals surface area (Å²) in [4.78, 5) is 39.8. The van der Waals surface area contributed by atoms with Crippen LogP contribution in [0.15, 0.2) is 42.5 Å². The van der Waals surface area contributed by atoms with Gasteiger partial charge in [0.05, 0.1) is 30.4 Å². The third-order valence-corrected chi connectivity index (χ3v) is 5.33. The first-order chi connectivity index (χ1) is 14.5. The van der Waals surface area contributed by atoms with E-state index < -0.39 is 16.9 Å². The van der Waals surface area contributed by atoms with Crippen LogP contribution in [0.4, 0.5) is 11.4 Å². The Bertz CT molecular complexity index is 1010. The van der Waals surface area contributed by atoms with E-state index in [1.165, 1.54) is 17.0 Å². The van der Waals surface area contributed by atoms with Gasteiger partial charge in [-0.25, -0.2) is 0 Å². The lowest BCUT2D eigenvalue weighted by Crippen LogP contribution is -2.54. The van der Waals surface area contributed by atoms with Crippen LogP contribution >= 0.6 is 11.6 Å². The van der Waals surface area contributed by atoms with Crippen molar-refractivity contribution in [1.82, 2.24) is 4.90 Å². The first-order valence-electron chi connectivity index (χ1n) is 9.33. The van der Waals surface area contributed by atoms with Crippen molar-refractivity contribution in [3.8, 4) is 5.75 Å². The van der Waals surface area contributed by atoms with Crippen LogP contribution in [0.25, 0.3) is 0 Å². The highest BCUT2D eigenvalue weighted by molar-refractivity contribution is 6.32. The van der Waals surface area contributed by atoms with E-state index in [4.69, 9.17) is 21.1 Å². The number of carbonyl (C=O) groups is 2. The molecule has 30 heavy (non-hydrogen) atoms. The number of rotatable bonds is 3. The number of nitrogens with zero attached hydrogens (tertiary/aromatic N) is 3. The molecule has 2 aromatic rings. The normalized spacial score (nSPS) is 18.4. The Hall–Kier alpha value is -3.17. The fraction of sp³-hybridized carbons (Fsp3) is 0.300. The highest BCUT2D eigenvalue weighted by atomic mass is 35.5. The molecule has 10 heteroatoms. The monoisotopic (exact) mass is 431 g/mol. The number of nitro groups is 1. The molecule has 0 aliphatic carbocycles. The molecule has 0 aromatic heterocycles. The van der Waals surface area contributed by atoms with Crippen LogP contribution in [0.1, 0.15) is 10.4 Å². The van der Waals surface area contributed by atoms with Crippen molar-refractivity contribution < 1.29 is 24.0 Å². The minimum atomic E-state index is -0.885. The molecule has 4 rings (SSSR count). The number of hydrogen-bond acceptors (Lipinski definition) is 6. The van der Waals surface area contributed by atoms with Gasteiger partial charge in [-0.2, -0.15) is 0 Å². The second-order valence-electron chi connectivity index (χ2n) is 6.85. The van der Waals surface area contributed by atoms with Crippen molar-refractivity contribution in [2.24, 2.45) is 0 Å². The predicted octanol–water partition coefficient (Wildman–Crippen LogP) is 2.51. The number of halogens is 1. The standard InChI is InChI=1S/C20H18ClN3O6/c21-14-6-5-13(11-16(14)24(27)28)19(25)23-12-18(20(26)22-7-9-29-10-8-22)30-17-4-2-1-3-15(17)23/h1-6,11,18H,7-10,12H2/t18-/m0/s1. The number of amides is 2. The van der Waals surface area contributed by atoms with Gasteiger partial charge in [0.2, 0.25) is 0 Å². The van der Waals surface area contributed by atoms with Gasteiger partial charge in [0.1, 0.15) is 10.8 Å². The van der Waals surface area contributed by atoms with Gasteiger partial charge in [0.25, 0.3) is 17.5 Å². The largest absolute Gasteiger partial charge is 0.476 e. The molecule has 2 aliphatic heterocycles. The van der Waals surface area contributed by atoms with E-state index in [-0.39, 0.29) is 28.7 Å². The fourth-order valence-electron chi connectivity index (χ4n) is 3.48. The number of anilines is 1. The maximum absolute atomic E-state index is 13.3. The zero-order valence-corrected chi connectivity index (χ0v) is 16.6. The molecule has 156 valence electrons. The Kier molecular flexibility index (Phi) is 5.56. The lowest BCUT2D eigenvalue weighted by Gasteiger charge is -2.37. The molecule has 2 aliphatic rings. The van der Waals surface area contributed by atoms with E-state index in [2.05, 4.69) is 0 Å². The van der Waals surface area contributed by atoms with Gasteiger partial charge >= 0.3 is 0 Å². The van der Waals surface area contributed by atoms with E-state index in [1.54, 1.807) is 29.2 Å². The van der Waals surface area contributed by atoms with Gasteiger partial charge in [0, 0.05) is 24.7 Å². The summed E-state index contributed by atoms with van der Waals surface area (Å²) < 4.78 is 11.2. The molecule has 0 spiro atoms. The molecule has 0 unspecified atom stereocenters. The Balaban J connectivity index is 1.66. The first kappa shape index (κ1) is 20.1. The number of carbonyl (C=O) groups excluding carboxylic acids is 2. The van der Waals surface area contributed by atoms with Crippen LogP contribution in [0.5, 0.6) is 5.75 Å². The molecule has 1 saturated heterocycles. The van der Waals surface area contributed by atoms with Gasteiger partial charge in [-0.15, -0.1) is 0 Å². The molecule has 0 bridgehead atoms. The molecule has 0 N–H and O–H groups in total. The van der Waals surface area contributed by atoms with Crippen LogP contribution in [0.3, 0.4) is 0 Å². The summed E-state index contributed by atoms with van der Waals surface area (Å²) >= 11 is 5.87. The van der Waals surface area contributed by atoms with Crippen LogP contribution in [0.2, 0.25) is 5.02 Å². The van der Waals surface area contributed by atoms with Crippen molar-refractivity contribution in [2.45, 2.75) is 6.10 Å². The van der Waals surface area contributed by atoms with E-state index in [0.29, 0.717) is 37.7 Å². The number of ether oxygens (including phenoxy) is 2. The van der Waals surface area contributed by atoms with E-state index in [9.17, 15) is 19.7 Å². The number of hydrogen-bond donors (Lipinski definition) is 0. The molecule has 2 amide bonds. The SMILES string of the molecule is O=C([C@@H]1CN(C(=O)c2ccc(Cl)c([N+](=O)[O-])c2)c2ccccc2O1)N1CCOCC1. The molecule has 0 radical (unpaired) electrons. The molecular weight excluding hydrogens is 414 g/mol. The molecule has 2 aromatic carbocycles. The predicted molar refractivity (Wildman–Crippen MR) is 108 cm³/mol. The maximum atomic E-state index is 13.3. The van der Waals surface area contributed by atoms with Crippen molar-refractivity contribution in [3.63, 3.8) is 0 Å². The van der Waals surface area contributed by atoms with Crippen LogP contribution in [-0.2, 0) is 9.53 Å². The minimum absolute atomic E-state index is 0.0114. The quantitative estimate of drug-likeness (QED) is 0.546. The topological polar surface area (TPSA) is 102 Å². The number of morpholine rings is 1. The summed E-state index contributed by atoms with van der Waals surface area (Å²) in [6.07, 6.45) is -0.885. The molecule has 2 heterocycles. The number of benzene rings is 2. The number of nitro benzene ring substituents is 1. The van der Waals surface area contributed by atoms with Crippen molar-refractivity contribution >= 4 is 34.8 Å². The maximum Gasteiger partial charge on any atom is 0.288 e. The van der Waals surface area contributed by atoms with E-state index in [1.807, 2.05) is 0 Å². The summed E-state index contributed by atoms with van der Waals surface area (Å²) in [5.41, 5.74) is 0.233. The van der Waals surface area contributed by atoms with Crippen molar-refractivity contribution in [3.05, 3.63) is 63.2 Å². The zero-order chi connectivity index (χ0) is 21.3. The highest BCUT2D eigenvalue weighted by Crippen LogP contribution is 2.35. The molecular formula is C20H18ClN3O6. The van der Waals surface area contributed by atoms with Gasteiger partial charge < -0.3 is 19.3 Å². The van der Waals surface area contributed by atoms with Gasteiger partial charge in [-0.3, -0.25) is 19.7 Å². The molecule has 9 nitrogen and oxygen atoms in total.